The van der Waals surface area contributed by atoms with Gasteiger partial charge in [0.25, 0.3) is 0 Å². The highest BCUT2D eigenvalue weighted by atomic mass is 32.2. The number of aromatic nitrogens is 2. The second-order valence-electron chi connectivity index (χ2n) is 6.29. The van der Waals surface area contributed by atoms with E-state index in [1.165, 1.54) is 45.0 Å². The fourth-order valence-corrected chi connectivity index (χ4v) is 2.68. The number of hydrogen-bond acceptors (Lipinski definition) is 6. The Hall–Kier alpha value is -2.23. The van der Waals surface area contributed by atoms with Crippen molar-refractivity contribution in [3.63, 3.8) is 0 Å². The van der Waals surface area contributed by atoms with Crippen LogP contribution in [0.25, 0.3) is 11.4 Å². The molecule has 136 valence electrons. The van der Waals surface area contributed by atoms with Crippen LogP contribution in [-0.4, -0.2) is 34.8 Å². The van der Waals surface area contributed by atoms with E-state index < -0.39 is 38.2 Å². The highest BCUT2D eigenvalue weighted by Crippen LogP contribution is 2.29. The molecular formula is C15H15F3N2O4S. The summed E-state index contributed by atoms with van der Waals surface area (Å²) in [6.07, 6.45) is -4.75. The molecule has 2 rings (SSSR count). The van der Waals surface area contributed by atoms with Crippen LogP contribution in [0.5, 0.6) is 0 Å². The van der Waals surface area contributed by atoms with Crippen molar-refractivity contribution in [1.82, 2.24) is 10.1 Å². The van der Waals surface area contributed by atoms with Gasteiger partial charge in [-0.1, -0.05) is 29.4 Å². The Morgan fingerprint density at radius 2 is 1.68 bits per heavy atom. The second kappa shape index (κ2) is 6.25. The van der Waals surface area contributed by atoms with Gasteiger partial charge in [-0.25, -0.2) is 8.42 Å². The van der Waals surface area contributed by atoms with Gasteiger partial charge in [-0.2, -0.15) is 18.2 Å². The largest absolute Gasteiger partial charge is 0.471 e. The summed E-state index contributed by atoms with van der Waals surface area (Å²) in [5, 5.41) is 3.23. The van der Waals surface area contributed by atoms with Gasteiger partial charge in [0.1, 0.15) is 5.75 Å². The summed E-state index contributed by atoms with van der Waals surface area (Å²) in [4.78, 5) is 15.3. The molecule has 0 spiro atoms. The third kappa shape index (κ3) is 4.25. The van der Waals surface area contributed by atoms with E-state index in [1.807, 2.05) is 0 Å². The monoisotopic (exact) mass is 376 g/mol. The minimum Gasteiger partial charge on any atom is -0.329 e. The van der Waals surface area contributed by atoms with E-state index in [0.717, 1.165) is 0 Å². The van der Waals surface area contributed by atoms with Crippen LogP contribution in [0.1, 0.15) is 37.0 Å². The number of carbonyl (C=O) groups excluding carboxylic acids is 1. The number of halogens is 3. The van der Waals surface area contributed by atoms with Crippen molar-refractivity contribution in [2.45, 2.75) is 31.7 Å². The van der Waals surface area contributed by atoms with Gasteiger partial charge in [-0.05, 0) is 20.8 Å². The van der Waals surface area contributed by atoms with Crippen LogP contribution >= 0.6 is 0 Å². The minimum atomic E-state index is -4.75. The number of ketones is 1. The summed E-state index contributed by atoms with van der Waals surface area (Å²) in [6, 6.07) is 5.25. The standard InChI is InChI=1S/C15H15F3N2O4S/c1-14(2,3)25(22,23)8-11(21)9-4-6-10(7-5-9)12-19-13(24-20-12)15(16,17)18/h4-7H,8H2,1-3H3. The molecule has 0 aliphatic carbocycles. The molecule has 1 heterocycles. The van der Waals surface area contributed by atoms with Crippen molar-refractivity contribution in [2.75, 3.05) is 5.75 Å². The molecule has 0 aliphatic heterocycles. The van der Waals surface area contributed by atoms with Crippen LogP contribution in [0, 0.1) is 0 Å². The molecule has 0 radical (unpaired) electrons. The van der Waals surface area contributed by atoms with E-state index in [2.05, 4.69) is 14.7 Å². The number of alkyl halides is 3. The molecule has 10 heteroatoms. The van der Waals surface area contributed by atoms with E-state index in [0.29, 0.717) is 0 Å². The molecule has 0 saturated heterocycles. The zero-order valence-electron chi connectivity index (χ0n) is 13.6. The predicted molar refractivity (Wildman–Crippen MR) is 82.6 cm³/mol. The van der Waals surface area contributed by atoms with Gasteiger partial charge in [0, 0.05) is 11.1 Å². The number of sulfone groups is 1. The fraction of sp³-hybridized carbons (Fsp3) is 0.400. The Balaban J connectivity index is 2.20. The Kier molecular flexibility index (Phi) is 4.77. The molecule has 0 atom stereocenters. The van der Waals surface area contributed by atoms with E-state index in [1.54, 1.807) is 0 Å². The third-order valence-electron chi connectivity index (χ3n) is 3.39. The summed E-state index contributed by atoms with van der Waals surface area (Å²) in [6.45, 7) is 4.48. The molecular weight excluding hydrogens is 361 g/mol. The molecule has 0 unspecified atom stereocenters. The fourth-order valence-electron chi connectivity index (χ4n) is 1.73. The average Bonchev–Trinajstić information content (AvgIpc) is 2.95. The SMILES string of the molecule is CC(C)(C)S(=O)(=O)CC(=O)c1ccc(-c2noc(C(F)(F)F)n2)cc1. The minimum absolute atomic E-state index is 0.121. The number of hydrogen-bond donors (Lipinski definition) is 0. The molecule has 2 aromatic rings. The number of Topliss-reactive ketones (excluding diaryl/α,β-unsaturated/α-hetero) is 1. The first-order chi connectivity index (χ1) is 11.3. The van der Waals surface area contributed by atoms with Gasteiger partial charge in [0.05, 0.1) is 4.75 Å². The Morgan fingerprint density at radius 3 is 2.12 bits per heavy atom. The maximum absolute atomic E-state index is 12.4. The normalized spacial score (nSPS) is 13.0. The van der Waals surface area contributed by atoms with Crippen molar-refractivity contribution in [2.24, 2.45) is 0 Å². The van der Waals surface area contributed by atoms with Crippen molar-refractivity contribution in [3.8, 4) is 11.4 Å². The predicted octanol–water partition coefficient (Wildman–Crippen LogP) is 3.15. The van der Waals surface area contributed by atoms with Gasteiger partial charge in [-0.15, -0.1) is 0 Å². The van der Waals surface area contributed by atoms with Crippen LogP contribution in [0.4, 0.5) is 13.2 Å². The Morgan fingerprint density at radius 1 is 1.12 bits per heavy atom. The molecule has 0 saturated carbocycles. The number of nitrogens with zero attached hydrogens (tertiary/aromatic N) is 2. The lowest BCUT2D eigenvalue weighted by Gasteiger charge is -2.18. The zero-order valence-corrected chi connectivity index (χ0v) is 14.4. The molecule has 0 N–H and O–H groups in total. The van der Waals surface area contributed by atoms with Gasteiger partial charge in [0.15, 0.2) is 15.6 Å². The van der Waals surface area contributed by atoms with E-state index in [4.69, 9.17) is 0 Å². The molecule has 6 nitrogen and oxygen atoms in total. The lowest BCUT2D eigenvalue weighted by atomic mass is 10.1. The van der Waals surface area contributed by atoms with Crippen LogP contribution in [0.2, 0.25) is 0 Å². The van der Waals surface area contributed by atoms with Crippen molar-refractivity contribution < 1.29 is 30.9 Å². The van der Waals surface area contributed by atoms with Gasteiger partial charge < -0.3 is 4.52 Å². The molecule has 0 aliphatic rings. The first kappa shape index (κ1) is 19.1. The van der Waals surface area contributed by atoms with E-state index in [-0.39, 0.29) is 17.0 Å². The average molecular weight is 376 g/mol. The maximum Gasteiger partial charge on any atom is 0.471 e. The second-order valence-corrected chi connectivity index (χ2v) is 9.04. The maximum atomic E-state index is 12.4. The first-order valence-electron chi connectivity index (χ1n) is 7.08. The van der Waals surface area contributed by atoms with Crippen molar-refractivity contribution in [1.29, 1.82) is 0 Å². The Labute approximate surface area is 142 Å². The lowest BCUT2D eigenvalue weighted by Crippen LogP contribution is -2.33. The van der Waals surface area contributed by atoms with Crippen molar-refractivity contribution >= 4 is 15.6 Å². The molecule has 0 amide bonds. The highest BCUT2D eigenvalue weighted by Gasteiger charge is 2.38. The summed E-state index contributed by atoms with van der Waals surface area (Å²) in [5.41, 5.74) is 0.325. The van der Waals surface area contributed by atoms with Crippen LogP contribution in [-0.2, 0) is 16.0 Å². The van der Waals surface area contributed by atoms with Crippen molar-refractivity contribution in [3.05, 3.63) is 35.7 Å². The van der Waals surface area contributed by atoms with Crippen LogP contribution in [0.3, 0.4) is 0 Å². The molecule has 1 aromatic heterocycles. The molecule has 0 bridgehead atoms. The summed E-state index contributed by atoms with van der Waals surface area (Å²) in [7, 11) is -3.63. The van der Waals surface area contributed by atoms with Gasteiger partial charge in [0.2, 0.25) is 5.82 Å². The Bertz CT molecular complexity index is 879. The molecule has 25 heavy (non-hydrogen) atoms. The van der Waals surface area contributed by atoms with Gasteiger partial charge >= 0.3 is 12.1 Å². The topological polar surface area (TPSA) is 90.1 Å². The summed E-state index contributed by atoms with van der Waals surface area (Å²) < 4.78 is 64.5. The molecule has 1 aromatic carbocycles. The first-order valence-corrected chi connectivity index (χ1v) is 8.73. The summed E-state index contributed by atoms with van der Waals surface area (Å²) in [5.74, 6) is -3.02. The molecule has 0 fully saturated rings. The van der Waals surface area contributed by atoms with Crippen LogP contribution < -0.4 is 0 Å². The number of benzene rings is 1. The number of carbonyl (C=O) groups is 1. The van der Waals surface area contributed by atoms with E-state index in [9.17, 15) is 26.4 Å². The zero-order chi connectivity index (χ0) is 19.0. The quantitative estimate of drug-likeness (QED) is 0.762. The number of rotatable bonds is 4. The van der Waals surface area contributed by atoms with E-state index >= 15 is 0 Å². The van der Waals surface area contributed by atoms with Crippen LogP contribution in [0.15, 0.2) is 28.8 Å². The smallest absolute Gasteiger partial charge is 0.329 e. The highest BCUT2D eigenvalue weighted by molar-refractivity contribution is 7.93. The lowest BCUT2D eigenvalue weighted by molar-refractivity contribution is -0.159. The summed E-state index contributed by atoms with van der Waals surface area (Å²) >= 11 is 0. The third-order valence-corrected chi connectivity index (χ3v) is 5.90. The van der Waals surface area contributed by atoms with Gasteiger partial charge in [-0.3, -0.25) is 4.79 Å².